The van der Waals surface area contributed by atoms with E-state index in [9.17, 15) is 14.4 Å². The fourth-order valence-corrected chi connectivity index (χ4v) is 2.74. The van der Waals surface area contributed by atoms with Gasteiger partial charge in [-0.15, -0.1) is 16.8 Å². The minimum Gasteiger partial charge on any atom is -0.465 e. The third kappa shape index (κ3) is 4.75. The summed E-state index contributed by atoms with van der Waals surface area (Å²) in [4.78, 5) is 40.5. The molecule has 0 aliphatic carbocycles. The van der Waals surface area contributed by atoms with Crippen LogP contribution in [-0.2, 0) is 20.7 Å². The average Bonchev–Trinajstić information content (AvgIpc) is 3.01. The molecule has 0 N–H and O–H groups in total. The van der Waals surface area contributed by atoms with Crippen LogP contribution in [0.5, 0.6) is 0 Å². The summed E-state index contributed by atoms with van der Waals surface area (Å²) < 4.78 is 10.2. The summed E-state index contributed by atoms with van der Waals surface area (Å²) in [6, 6.07) is -0.602. The van der Waals surface area contributed by atoms with E-state index in [4.69, 9.17) is 9.15 Å². The molecule has 0 radical (unpaired) electrons. The number of rotatable bonds is 8. The van der Waals surface area contributed by atoms with Gasteiger partial charge in [0.05, 0.1) is 12.5 Å². The van der Waals surface area contributed by atoms with Gasteiger partial charge in [-0.2, -0.15) is 0 Å². The van der Waals surface area contributed by atoms with Crippen molar-refractivity contribution < 1.29 is 23.5 Å². The summed E-state index contributed by atoms with van der Waals surface area (Å²) in [6.45, 7) is 7.25. The number of nitrogens with zero attached hydrogens (tertiary/aromatic N) is 4. The van der Waals surface area contributed by atoms with Gasteiger partial charge in [0, 0.05) is 18.7 Å². The van der Waals surface area contributed by atoms with Crippen molar-refractivity contribution in [3.05, 3.63) is 18.5 Å². The molecule has 0 bridgehead atoms. The molecule has 1 aliphatic heterocycles. The van der Waals surface area contributed by atoms with Gasteiger partial charge in [-0.1, -0.05) is 17.8 Å². The van der Waals surface area contributed by atoms with Crippen molar-refractivity contribution in [2.24, 2.45) is 10.9 Å². The first-order chi connectivity index (χ1) is 12.0. The molecule has 0 fully saturated rings. The molecule has 1 unspecified atom stereocenters. The van der Waals surface area contributed by atoms with Crippen molar-refractivity contribution in [2.45, 2.75) is 25.5 Å². The van der Waals surface area contributed by atoms with E-state index in [2.05, 4.69) is 21.8 Å². The van der Waals surface area contributed by atoms with Crippen molar-refractivity contribution in [1.29, 1.82) is 0 Å². The van der Waals surface area contributed by atoms with Crippen LogP contribution in [0, 0.1) is 5.92 Å². The Balaban J connectivity index is 2.02. The number of carbonyl (C=O) groups is 3. The zero-order valence-electron chi connectivity index (χ0n) is 13.9. The van der Waals surface area contributed by atoms with Crippen LogP contribution < -0.4 is 0 Å². The van der Waals surface area contributed by atoms with E-state index >= 15 is 0 Å². The summed E-state index contributed by atoms with van der Waals surface area (Å²) >= 11 is 1.05. The molecular formula is C15H18N4O5S. The number of ether oxygens (including phenoxy) is 1. The van der Waals surface area contributed by atoms with Gasteiger partial charge in [-0.3, -0.25) is 14.5 Å². The molecule has 2 rings (SSSR count). The van der Waals surface area contributed by atoms with Gasteiger partial charge in [0.25, 0.3) is 5.22 Å². The SMILES string of the molecule is C=CCN1C(=O)N=C(C)C(Cc2nnc(SCC(=O)OCC)o2)C1=O. The predicted molar refractivity (Wildman–Crippen MR) is 89.3 cm³/mol. The lowest BCUT2D eigenvalue weighted by molar-refractivity contribution is -0.139. The van der Waals surface area contributed by atoms with E-state index in [1.165, 1.54) is 6.08 Å². The van der Waals surface area contributed by atoms with Crippen molar-refractivity contribution in [3.8, 4) is 0 Å². The Bertz CT molecular complexity index is 715. The molecule has 3 amide bonds. The van der Waals surface area contributed by atoms with Crippen LogP contribution in [0.25, 0.3) is 0 Å². The Hall–Kier alpha value is -2.49. The molecule has 134 valence electrons. The van der Waals surface area contributed by atoms with E-state index < -0.39 is 11.9 Å². The second-order valence-electron chi connectivity index (χ2n) is 5.09. The number of carbonyl (C=O) groups excluding carboxylic acids is 3. The van der Waals surface area contributed by atoms with Gasteiger partial charge in [0.2, 0.25) is 11.8 Å². The van der Waals surface area contributed by atoms with Crippen LogP contribution in [0.3, 0.4) is 0 Å². The molecule has 2 heterocycles. The Labute approximate surface area is 148 Å². The highest BCUT2D eigenvalue weighted by Gasteiger charge is 2.36. The summed E-state index contributed by atoms with van der Waals surface area (Å²) in [6.07, 6.45) is 1.59. The first-order valence-electron chi connectivity index (χ1n) is 7.58. The third-order valence-corrected chi connectivity index (χ3v) is 4.12. The number of amides is 3. The highest BCUT2D eigenvalue weighted by molar-refractivity contribution is 7.99. The zero-order chi connectivity index (χ0) is 18.4. The Morgan fingerprint density at radius 1 is 1.44 bits per heavy atom. The van der Waals surface area contributed by atoms with Crippen LogP contribution in [0.2, 0.25) is 0 Å². The Morgan fingerprint density at radius 2 is 2.20 bits per heavy atom. The summed E-state index contributed by atoms with van der Waals surface area (Å²) in [5, 5.41) is 7.91. The van der Waals surface area contributed by atoms with E-state index in [-0.39, 0.29) is 41.7 Å². The van der Waals surface area contributed by atoms with E-state index in [0.717, 1.165) is 16.7 Å². The molecule has 9 nitrogen and oxygen atoms in total. The largest absolute Gasteiger partial charge is 0.465 e. The molecule has 0 aromatic carbocycles. The minimum absolute atomic E-state index is 0.0555. The molecule has 0 saturated carbocycles. The van der Waals surface area contributed by atoms with Crippen LogP contribution in [0.1, 0.15) is 19.7 Å². The standard InChI is InChI=1S/C15H18N4O5S/c1-4-6-19-13(21)10(9(3)16-14(19)22)7-11-17-18-15(24-11)25-8-12(20)23-5-2/h4,10H,1,5-8H2,2-3H3. The van der Waals surface area contributed by atoms with Crippen molar-refractivity contribution in [1.82, 2.24) is 15.1 Å². The molecule has 0 spiro atoms. The lowest BCUT2D eigenvalue weighted by Crippen LogP contribution is -2.46. The monoisotopic (exact) mass is 366 g/mol. The fraction of sp³-hybridized carbons (Fsp3) is 0.467. The zero-order valence-corrected chi connectivity index (χ0v) is 14.7. The highest BCUT2D eigenvalue weighted by Crippen LogP contribution is 2.21. The summed E-state index contributed by atoms with van der Waals surface area (Å²) in [5.74, 6) is -1.12. The summed E-state index contributed by atoms with van der Waals surface area (Å²) in [5.41, 5.74) is 0.397. The van der Waals surface area contributed by atoms with Gasteiger partial charge in [-0.05, 0) is 13.8 Å². The predicted octanol–water partition coefficient (Wildman–Crippen LogP) is 1.49. The van der Waals surface area contributed by atoms with E-state index in [1.54, 1.807) is 13.8 Å². The molecule has 1 aromatic rings. The highest BCUT2D eigenvalue weighted by atomic mass is 32.2. The summed E-state index contributed by atoms with van der Waals surface area (Å²) in [7, 11) is 0. The van der Waals surface area contributed by atoms with Crippen LogP contribution in [0.15, 0.2) is 27.3 Å². The van der Waals surface area contributed by atoms with Gasteiger partial charge >= 0.3 is 12.0 Å². The van der Waals surface area contributed by atoms with Crippen molar-refractivity contribution in [2.75, 3.05) is 18.9 Å². The maximum atomic E-state index is 12.5. The maximum Gasteiger partial charge on any atom is 0.350 e. The van der Waals surface area contributed by atoms with E-state index in [1.807, 2.05) is 0 Å². The number of hydrogen-bond donors (Lipinski definition) is 0. The fourth-order valence-electron chi connectivity index (χ4n) is 2.16. The normalized spacial score (nSPS) is 17.4. The van der Waals surface area contributed by atoms with Gasteiger partial charge in [0.1, 0.15) is 5.75 Å². The number of aromatic nitrogens is 2. The molecule has 10 heteroatoms. The van der Waals surface area contributed by atoms with E-state index in [0.29, 0.717) is 12.3 Å². The van der Waals surface area contributed by atoms with Gasteiger partial charge in [0.15, 0.2) is 0 Å². The topological polar surface area (TPSA) is 115 Å². The lowest BCUT2D eigenvalue weighted by atomic mass is 9.97. The average molecular weight is 366 g/mol. The van der Waals surface area contributed by atoms with Gasteiger partial charge < -0.3 is 9.15 Å². The lowest BCUT2D eigenvalue weighted by Gasteiger charge is -2.27. The number of aliphatic imine (C=N–C) groups is 1. The maximum absolute atomic E-state index is 12.5. The minimum atomic E-state index is -0.652. The molecule has 1 aliphatic rings. The number of esters is 1. The van der Waals surface area contributed by atoms with Crippen molar-refractivity contribution in [3.63, 3.8) is 0 Å². The molecule has 1 atom stereocenters. The third-order valence-electron chi connectivity index (χ3n) is 3.33. The van der Waals surface area contributed by atoms with Crippen molar-refractivity contribution >= 4 is 35.4 Å². The van der Waals surface area contributed by atoms with Crippen LogP contribution in [-0.4, -0.2) is 57.6 Å². The van der Waals surface area contributed by atoms with Crippen LogP contribution >= 0.6 is 11.8 Å². The van der Waals surface area contributed by atoms with Gasteiger partial charge in [-0.25, -0.2) is 9.79 Å². The second-order valence-corrected chi connectivity index (χ2v) is 6.01. The quantitative estimate of drug-likeness (QED) is 0.386. The Kier molecular flexibility index (Phi) is 6.45. The number of thioether (sulfide) groups is 1. The molecule has 1 aromatic heterocycles. The van der Waals surface area contributed by atoms with Crippen LogP contribution in [0.4, 0.5) is 4.79 Å². The second kappa shape index (κ2) is 8.56. The number of urea groups is 1. The molecule has 25 heavy (non-hydrogen) atoms. The Morgan fingerprint density at radius 3 is 2.88 bits per heavy atom. The number of imide groups is 1. The molecule has 0 saturated heterocycles. The first kappa shape index (κ1) is 18.8. The number of hydrogen-bond acceptors (Lipinski definition) is 8. The smallest absolute Gasteiger partial charge is 0.350 e. The molecular weight excluding hydrogens is 348 g/mol. The first-order valence-corrected chi connectivity index (χ1v) is 8.57.